The fraction of sp³-hybridized carbons (Fsp3) is 0.174. The number of anilines is 1. The van der Waals surface area contributed by atoms with E-state index in [2.05, 4.69) is 22.8 Å². The van der Waals surface area contributed by atoms with Crippen LogP contribution in [0.25, 0.3) is 21.9 Å². The topological polar surface area (TPSA) is 63.5 Å². The summed E-state index contributed by atoms with van der Waals surface area (Å²) in [7, 11) is 1.62. The van der Waals surface area contributed by atoms with Gasteiger partial charge in [-0.1, -0.05) is 48.5 Å². The van der Waals surface area contributed by atoms with Crippen molar-refractivity contribution in [3.8, 4) is 5.75 Å². The van der Waals surface area contributed by atoms with Crippen molar-refractivity contribution in [2.24, 2.45) is 0 Å². The van der Waals surface area contributed by atoms with E-state index < -0.39 is 0 Å². The van der Waals surface area contributed by atoms with Crippen molar-refractivity contribution in [1.29, 1.82) is 0 Å². The van der Waals surface area contributed by atoms with Crippen molar-refractivity contribution in [2.45, 2.75) is 6.42 Å². The molecular formula is C23H22N2O3. The maximum atomic E-state index is 12.2. The van der Waals surface area contributed by atoms with Crippen LogP contribution in [-0.2, 0) is 11.2 Å². The lowest BCUT2D eigenvalue weighted by Crippen LogP contribution is -2.31. The van der Waals surface area contributed by atoms with E-state index in [-0.39, 0.29) is 12.5 Å². The number of furan rings is 1. The van der Waals surface area contributed by atoms with E-state index in [0.717, 1.165) is 34.0 Å². The SMILES string of the molecule is COc1cc2c(cc1NCC(=O)NCCc1ccccc1)oc1ccccc12. The van der Waals surface area contributed by atoms with Gasteiger partial charge >= 0.3 is 0 Å². The molecule has 4 aromatic rings. The van der Waals surface area contributed by atoms with Crippen molar-refractivity contribution in [1.82, 2.24) is 5.32 Å². The molecule has 5 nitrogen and oxygen atoms in total. The number of hydrogen-bond donors (Lipinski definition) is 2. The molecule has 1 aromatic heterocycles. The van der Waals surface area contributed by atoms with E-state index in [1.807, 2.05) is 54.6 Å². The zero-order valence-electron chi connectivity index (χ0n) is 15.7. The largest absolute Gasteiger partial charge is 0.495 e. The van der Waals surface area contributed by atoms with Crippen LogP contribution in [0.3, 0.4) is 0 Å². The van der Waals surface area contributed by atoms with Crippen LogP contribution in [-0.4, -0.2) is 26.1 Å². The molecule has 0 aliphatic heterocycles. The second kappa shape index (κ2) is 8.05. The minimum Gasteiger partial charge on any atom is -0.495 e. The summed E-state index contributed by atoms with van der Waals surface area (Å²) in [5.41, 5.74) is 3.52. The first kappa shape index (κ1) is 17.9. The standard InChI is InChI=1S/C23H22N2O3/c1-27-22-13-18-17-9-5-6-10-20(17)28-21(18)14-19(22)25-15-23(26)24-12-11-16-7-3-2-4-8-16/h2-10,13-14,25H,11-12,15H2,1H3,(H,24,26). The highest BCUT2D eigenvalue weighted by Gasteiger charge is 2.12. The molecule has 0 saturated heterocycles. The molecule has 2 N–H and O–H groups in total. The highest BCUT2D eigenvalue weighted by atomic mass is 16.5. The van der Waals surface area contributed by atoms with Gasteiger partial charge in [-0.15, -0.1) is 0 Å². The van der Waals surface area contributed by atoms with E-state index in [0.29, 0.717) is 12.3 Å². The molecule has 5 heteroatoms. The van der Waals surface area contributed by atoms with Crippen LogP contribution in [0.1, 0.15) is 5.56 Å². The molecule has 142 valence electrons. The lowest BCUT2D eigenvalue weighted by Gasteiger charge is -2.11. The number of para-hydroxylation sites is 1. The van der Waals surface area contributed by atoms with E-state index >= 15 is 0 Å². The minimum atomic E-state index is -0.0670. The van der Waals surface area contributed by atoms with Gasteiger partial charge in [0.25, 0.3) is 0 Å². The Morgan fingerprint density at radius 2 is 1.75 bits per heavy atom. The minimum absolute atomic E-state index is 0.0670. The Labute approximate surface area is 163 Å². The van der Waals surface area contributed by atoms with Gasteiger partial charge in [0.15, 0.2) is 0 Å². The number of benzene rings is 3. The van der Waals surface area contributed by atoms with Crippen LogP contribution in [0.2, 0.25) is 0 Å². The summed E-state index contributed by atoms with van der Waals surface area (Å²) >= 11 is 0. The van der Waals surface area contributed by atoms with E-state index in [1.165, 1.54) is 5.56 Å². The number of fused-ring (bicyclic) bond motifs is 3. The van der Waals surface area contributed by atoms with Gasteiger partial charge in [0.2, 0.25) is 5.91 Å². The van der Waals surface area contributed by atoms with Crippen molar-refractivity contribution in [3.05, 3.63) is 72.3 Å². The molecule has 28 heavy (non-hydrogen) atoms. The quantitative estimate of drug-likeness (QED) is 0.504. The van der Waals surface area contributed by atoms with E-state index in [4.69, 9.17) is 9.15 Å². The summed E-state index contributed by atoms with van der Waals surface area (Å²) in [5.74, 6) is 0.610. The van der Waals surface area contributed by atoms with Gasteiger partial charge in [-0.3, -0.25) is 4.79 Å². The van der Waals surface area contributed by atoms with Gasteiger partial charge in [-0.05, 0) is 24.1 Å². The number of methoxy groups -OCH3 is 1. The Hall–Kier alpha value is -3.47. The second-order valence-corrected chi connectivity index (χ2v) is 6.59. The zero-order valence-corrected chi connectivity index (χ0v) is 15.7. The molecule has 0 aliphatic carbocycles. The first-order valence-electron chi connectivity index (χ1n) is 9.28. The summed E-state index contributed by atoms with van der Waals surface area (Å²) in [6.07, 6.45) is 0.806. The molecule has 0 spiro atoms. The van der Waals surface area contributed by atoms with E-state index in [1.54, 1.807) is 7.11 Å². The number of amides is 1. The van der Waals surface area contributed by atoms with E-state index in [9.17, 15) is 4.79 Å². The Bertz CT molecular complexity index is 1100. The molecule has 1 heterocycles. The third-order valence-corrected chi connectivity index (χ3v) is 4.72. The van der Waals surface area contributed by atoms with Gasteiger partial charge in [-0.2, -0.15) is 0 Å². The third-order valence-electron chi connectivity index (χ3n) is 4.72. The van der Waals surface area contributed by atoms with Gasteiger partial charge in [0.1, 0.15) is 16.9 Å². The van der Waals surface area contributed by atoms with Crippen molar-refractivity contribution in [3.63, 3.8) is 0 Å². The molecule has 4 rings (SSSR count). The average molecular weight is 374 g/mol. The first-order valence-corrected chi connectivity index (χ1v) is 9.28. The van der Waals surface area contributed by atoms with Gasteiger partial charge in [0, 0.05) is 23.4 Å². The summed E-state index contributed by atoms with van der Waals surface area (Å²) in [4.78, 5) is 12.2. The van der Waals surface area contributed by atoms with Crippen LogP contribution in [0, 0.1) is 0 Å². The van der Waals surface area contributed by atoms with Crippen molar-refractivity contribution in [2.75, 3.05) is 25.5 Å². The third kappa shape index (κ3) is 3.78. The molecule has 0 radical (unpaired) electrons. The molecule has 0 bridgehead atoms. The molecule has 0 atom stereocenters. The van der Waals surface area contributed by atoms with Gasteiger partial charge < -0.3 is 19.8 Å². The summed E-state index contributed by atoms with van der Waals surface area (Å²) in [5, 5.41) is 8.12. The fourth-order valence-corrected chi connectivity index (χ4v) is 3.29. The Morgan fingerprint density at radius 3 is 2.57 bits per heavy atom. The first-order chi connectivity index (χ1) is 13.7. The molecule has 1 amide bonds. The molecule has 0 unspecified atom stereocenters. The zero-order chi connectivity index (χ0) is 19.3. The van der Waals surface area contributed by atoms with Crippen molar-refractivity contribution < 1.29 is 13.9 Å². The lowest BCUT2D eigenvalue weighted by atomic mass is 10.1. The van der Waals surface area contributed by atoms with Crippen LogP contribution >= 0.6 is 0 Å². The number of carbonyl (C=O) groups excluding carboxylic acids is 1. The molecule has 0 fully saturated rings. The van der Waals surface area contributed by atoms with Crippen molar-refractivity contribution >= 4 is 33.5 Å². The number of carbonyl (C=O) groups is 1. The maximum Gasteiger partial charge on any atom is 0.239 e. The number of ether oxygens (including phenoxy) is 1. The highest BCUT2D eigenvalue weighted by molar-refractivity contribution is 6.06. The average Bonchev–Trinajstić information content (AvgIpc) is 3.09. The van der Waals surface area contributed by atoms with Crippen LogP contribution in [0.15, 0.2) is 71.1 Å². The molecule has 3 aromatic carbocycles. The second-order valence-electron chi connectivity index (χ2n) is 6.59. The summed E-state index contributed by atoms with van der Waals surface area (Å²) < 4.78 is 11.4. The summed E-state index contributed by atoms with van der Waals surface area (Å²) in [6.45, 7) is 0.765. The van der Waals surface area contributed by atoms with Gasteiger partial charge in [-0.25, -0.2) is 0 Å². The Morgan fingerprint density at radius 1 is 0.964 bits per heavy atom. The Kier molecular flexibility index (Phi) is 5.15. The van der Waals surface area contributed by atoms with Crippen LogP contribution < -0.4 is 15.4 Å². The van der Waals surface area contributed by atoms with Crippen LogP contribution in [0.4, 0.5) is 5.69 Å². The lowest BCUT2D eigenvalue weighted by molar-refractivity contribution is -0.119. The monoisotopic (exact) mass is 374 g/mol. The normalized spacial score (nSPS) is 10.9. The maximum absolute atomic E-state index is 12.2. The number of hydrogen-bond acceptors (Lipinski definition) is 4. The predicted octanol–water partition coefficient (Wildman–Crippen LogP) is 4.37. The highest BCUT2D eigenvalue weighted by Crippen LogP contribution is 2.36. The molecule has 0 saturated carbocycles. The number of nitrogens with one attached hydrogen (secondary N) is 2. The van der Waals surface area contributed by atoms with Crippen LogP contribution in [0.5, 0.6) is 5.75 Å². The molecular weight excluding hydrogens is 352 g/mol. The summed E-state index contributed by atoms with van der Waals surface area (Å²) in [6, 6.07) is 21.8. The Balaban J connectivity index is 1.42. The van der Waals surface area contributed by atoms with Gasteiger partial charge in [0.05, 0.1) is 19.3 Å². The fourth-order valence-electron chi connectivity index (χ4n) is 3.29. The smallest absolute Gasteiger partial charge is 0.239 e. The number of rotatable bonds is 7. The predicted molar refractivity (Wildman–Crippen MR) is 112 cm³/mol. The molecule has 0 aliphatic rings.